The maximum absolute atomic E-state index is 12.7. The molecule has 0 fully saturated rings. The second-order valence-electron chi connectivity index (χ2n) is 6.33. The van der Waals surface area contributed by atoms with Gasteiger partial charge in [-0.1, -0.05) is 46.9 Å². The highest BCUT2D eigenvalue weighted by molar-refractivity contribution is 7.92. The van der Waals surface area contributed by atoms with Crippen LogP contribution in [0.3, 0.4) is 0 Å². The summed E-state index contributed by atoms with van der Waals surface area (Å²) in [6, 6.07) is 8.88. The maximum atomic E-state index is 12.7. The maximum Gasteiger partial charge on any atom is 0.253 e. The fourth-order valence-corrected chi connectivity index (χ4v) is 4.11. The lowest BCUT2D eigenvalue weighted by Gasteiger charge is -2.23. The number of amides is 2. The molecule has 0 bridgehead atoms. The topological polar surface area (TPSA) is 105 Å². The molecular formula is C19H20Cl3N3O5S. The first-order chi connectivity index (χ1) is 14.5. The van der Waals surface area contributed by atoms with Gasteiger partial charge in [-0.3, -0.25) is 13.9 Å². The molecule has 12 heteroatoms. The van der Waals surface area contributed by atoms with E-state index >= 15 is 0 Å². The number of hydrogen-bond donors (Lipinski definition) is 2. The van der Waals surface area contributed by atoms with Crippen molar-refractivity contribution in [3.05, 3.63) is 57.0 Å². The summed E-state index contributed by atoms with van der Waals surface area (Å²) in [6.07, 6.45) is 0.927. The Morgan fingerprint density at radius 1 is 1.06 bits per heavy atom. The minimum atomic E-state index is -3.91. The third kappa shape index (κ3) is 6.98. The van der Waals surface area contributed by atoms with Gasteiger partial charge in [-0.25, -0.2) is 8.42 Å². The number of nitrogens with one attached hydrogen (secondary N) is 2. The molecule has 2 aromatic rings. The smallest absolute Gasteiger partial charge is 0.253 e. The predicted octanol–water partition coefficient (Wildman–Crippen LogP) is 3.43. The van der Waals surface area contributed by atoms with Gasteiger partial charge in [0.2, 0.25) is 15.9 Å². The van der Waals surface area contributed by atoms with Gasteiger partial charge in [0.25, 0.3) is 5.91 Å². The number of anilines is 2. The van der Waals surface area contributed by atoms with E-state index in [1.165, 1.54) is 31.4 Å². The van der Waals surface area contributed by atoms with Crippen LogP contribution in [0, 0.1) is 0 Å². The number of methoxy groups -OCH3 is 1. The van der Waals surface area contributed by atoms with Crippen LogP contribution in [0.4, 0.5) is 11.4 Å². The van der Waals surface area contributed by atoms with E-state index in [4.69, 9.17) is 39.5 Å². The molecule has 2 N–H and O–H groups in total. The third-order valence-electron chi connectivity index (χ3n) is 3.98. The largest absolute Gasteiger partial charge is 0.383 e. The Hall–Kier alpha value is -2.04. The summed E-state index contributed by atoms with van der Waals surface area (Å²) >= 11 is 18.0. The Bertz CT molecular complexity index is 1080. The fraction of sp³-hybridized carbons (Fsp3) is 0.263. The number of benzene rings is 2. The molecule has 2 rings (SSSR count). The first kappa shape index (κ1) is 25.2. The summed E-state index contributed by atoms with van der Waals surface area (Å²) in [7, 11) is -2.40. The second-order valence-corrected chi connectivity index (χ2v) is 9.46. The van der Waals surface area contributed by atoms with E-state index in [0.29, 0.717) is 6.61 Å². The molecule has 2 amide bonds. The predicted molar refractivity (Wildman–Crippen MR) is 123 cm³/mol. The zero-order valence-corrected chi connectivity index (χ0v) is 19.7. The number of nitrogens with zero attached hydrogens (tertiary/aromatic N) is 1. The number of rotatable bonds is 9. The molecule has 168 valence electrons. The SMILES string of the molecule is COCCNC(=O)c1ccccc1NC(=O)CN(c1cc(Cl)c(Cl)cc1Cl)S(C)(=O)=O. The van der Waals surface area contributed by atoms with E-state index in [9.17, 15) is 18.0 Å². The van der Waals surface area contributed by atoms with Gasteiger partial charge in [0.15, 0.2) is 0 Å². The van der Waals surface area contributed by atoms with Crippen LogP contribution >= 0.6 is 34.8 Å². The molecule has 0 atom stereocenters. The quantitative estimate of drug-likeness (QED) is 0.399. The second kappa shape index (κ2) is 11.0. The minimum Gasteiger partial charge on any atom is -0.383 e. The number of halogens is 3. The molecular weight excluding hydrogens is 489 g/mol. The standard InChI is InChI=1S/C19H20Cl3N3O5S/c1-30-8-7-23-19(27)12-5-3-4-6-16(12)24-18(26)11-25(31(2,28)29)17-10-14(21)13(20)9-15(17)22/h3-6,9-10H,7-8,11H2,1-2H3,(H,23,27)(H,24,26). The molecule has 0 aliphatic carbocycles. The van der Waals surface area contributed by atoms with Crippen molar-refractivity contribution >= 4 is 68.0 Å². The monoisotopic (exact) mass is 507 g/mol. The van der Waals surface area contributed by atoms with E-state index in [1.54, 1.807) is 12.1 Å². The van der Waals surface area contributed by atoms with Crippen LogP contribution in [0.1, 0.15) is 10.4 Å². The van der Waals surface area contributed by atoms with E-state index in [0.717, 1.165) is 10.6 Å². The third-order valence-corrected chi connectivity index (χ3v) is 6.13. The van der Waals surface area contributed by atoms with Gasteiger partial charge in [0.1, 0.15) is 6.54 Å². The fourth-order valence-electron chi connectivity index (χ4n) is 2.56. The van der Waals surface area contributed by atoms with Crippen molar-refractivity contribution in [1.29, 1.82) is 0 Å². The molecule has 0 aliphatic rings. The molecule has 0 aliphatic heterocycles. The zero-order valence-electron chi connectivity index (χ0n) is 16.6. The van der Waals surface area contributed by atoms with Crippen LogP contribution in [-0.4, -0.2) is 53.3 Å². The van der Waals surface area contributed by atoms with Gasteiger partial charge >= 0.3 is 0 Å². The van der Waals surface area contributed by atoms with Crippen LogP contribution in [0.2, 0.25) is 15.1 Å². The van der Waals surface area contributed by atoms with Crippen molar-refractivity contribution in [3.63, 3.8) is 0 Å². The van der Waals surface area contributed by atoms with Gasteiger partial charge < -0.3 is 15.4 Å². The molecule has 8 nitrogen and oxygen atoms in total. The van der Waals surface area contributed by atoms with Crippen molar-refractivity contribution in [3.8, 4) is 0 Å². The van der Waals surface area contributed by atoms with Gasteiger partial charge in [-0.15, -0.1) is 0 Å². The lowest BCUT2D eigenvalue weighted by Crippen LogP contribution is -2.38. The number of sulfonamides is 1. The summed E-state index contributed by atoms with van der Waals surface area (Å²) in [5.41, 5.74) is 0.431. The summed E-state index contributed by atoms with van der Waals surface area (Å²) in [4.78, 5) is 25.0. The van der Waals surface area contributed by atoms with Gasteiger partial charge in [-0.05, 0) is 24.3 Å². The summed E-state index contributed by atoms with van der Waals surface area (Å²) in [5.74, 6) is -1.11. The number of carbonyl (C=O) groups is 2. The lowest BCUT2D eigenvalue weighted by molar-refractivity contribution is -0.114. The Morgan fingerprint density at radius 3 is 2.35 bits per heavy atom. The lowest BCUT2D eigenvalue weighted by atomic mass is 10.1. The van der Waals surface area contributed by atoms with Crippen LogP contribution in [0.25, 0.3) is 0 Å². The van der Waals surface area contributed by atoms with E-state index in [2.05, 4.69) is 10.6 Å². The normalized spacial score (nSPS) is 11.1. The van der Waals surface area contributed by atoms with Crippen molar-refractivity contribution in [2.75, 3.05) is 42.7 Å². The van der Waals surface area contributed by atoms with E-state index in [-0.39, 0.29) is 38.6 Å². The minimum absolute atomic E-state index is 0.000638. The molecule has 0 saturated heterocycles. The number of ether oxygens (including phenoxy) is 1. The summed E-state index contributed by atoms with van der Waals surface area (Å²) in [5, 5.41) is 5.44. The Kier molecular flexibility index (Phi) is 8.96. The Balaban J connectivity index is 2.26. The summed E-state index contributed by atoms with van der Waals surface area (Å²) in [6.45, 7) is 0.0133. The van der Waals surface area contributed by atoms with E-state index < -0.39 is 28.4 Å². The van der Waals surface area contributed by atoms with Crippen LogP contribution in [0.5, 0.6) is 0 Å². The Labute approximate surface area is 195 Å². The molecule has 31 heavy (non-hydrogen) atoms. The van der Waals surface area contributed by atoms with Gasteiger partial charge in [0, 0.05) is 13.7 Å². The number of para-hydroxylation sites is 1. The van der Waals surface area contributed by atoms with Gasteiger partial charge in [0.05, 0.1) is 44.9 Å². The zero-order chi connectivity index (χ0) is 23.2. The average molecular weight is 509 g/mol. The van der Waals surface area contributed by atoms with Crippen molar-refractivity contribution < 1.29 is 22.7 Å². The van der Waals surface area contributed by atoms with Crippen molar-refractivity contribution in [1.82, 2.24) is 5.32 Å². The van der Waals surface area contributed by atoms with E-state index in [1.807, 2.05) is 0 Å². The summed E-state index contributed by atoms with van der Waals surface area (Å²) < 4.78 is 30.3. The molecule has 0 aromatic heterocycles. The van der Waals surface area contributed by atoms with Crippen LogP contribution in [-0.2, 0) is 19.6 Å². The van der Waals surface area contributed by atoms with Crippen LogP contribution in [0.15, 0.2) is 36.4 Å². The highest BCUT2D eigenvalue weighted by Crippen LogP contribution is 2.35. The molecule has 0 saturated carbocycles. The van der Waals surface area contributed by atoms with Crippen LogP contribution < -0.4 is 14.9 Å². The molecule has 2 aromatic carbocycles. The molecule has 0 heterocycles. The molecule has 0 radical (unpaired) electrons. The highest BCUT2D eigenvalue weighted by Gasteiger charge is 2.25. The van der Waals surface area contributed by atoms with Crippen molar-refractivity contribution in [2.45, 2.75) is 0 Å². The average Bonchev–Trinajstić information content (AvgIpc) is 2.69. The highest BCUT2D eigenvalue weighted by atomic mass is 35.5. The first-order valence-corrected chi connectivity index (χ1v) is 11.8. The van der Waals surface area contributed by atoms with Crippen molar-refractivity contribution in [2.24, 2.45) is 0 Å². The molecule has 0 spiro atoms. The number of hydrogen-bond acceptors (Lipinski definition) is 5. The molecule has 0 unspecified atom stereocenters. The first-order valence-electron chi connectivity index (χ1n) is 8.83. The Morgan fingerprint density at radius 2 is 1.71 bits per heavy atom. The number of carbonyl (C=O) groups excluding carboxylic acids is 2. The van der Waals surface area contributed by atoms with Gasteiger partial charge in [-0.2, -0.15) is 0 Å².